The van der Waals surface area contributed by atoms with E-state index < -0.39 is 23.5 Å². The summed E-state index contributed by atoms with van der Waals surface area (Å²) < 4.78 is 40.5. The van der Waals surface area contributed by atoms with Crippen molar-refractivity contribution in [1.82, 2.24) is 0 Å². The molecule has 2 aromatic carbocycles. The molecule has 0 fully saturated rings. The smallest absolute Gasteiger partial charge is 0.128 e. The van der Waals surface area contributed by atoms with Crippen molar-refractivity contribution in [2.24, 2.45) is 5.73 Å². The SMILES string of the molecule is NC(Cc1cc(F)ccc1Br)c1cc(F)ccc1F. The molecular formula is C14H11BrF3N. The normalized spacial score (nSPS) is 12.5. The topological polar surface area (TPSA) is 26.0 Å². The highest BCUT2D eigenvalue weighted by Gasteiger charge is 2.15. The van der Waals surface area contributed by atoms with E-state index in [0.717, 1.165) is 18.2 Å². The number of benzene rings is 2. The molecule has 100 valence electrons. The highest BCUT2D eigenvalue weighted by Crippen LogP contribution is 2.25. The molecule has 0 aliphatic heterocycles. The zero-order valence-corrected chi connectivity index (χ0v) is 11.4. The maximum Gasteiger partial charge on any atom is 0.128 e. The average Bonchev–Trinajstić information content (AvgIpc) is 2.36. The van der Waals surface area contributed by atoms with Crippen LogP contribution in [0, 0.1) is 17.5 Å². The molecule has 19 heavy (non-hydrogen) atoms. The van der Waals surface area contributed by atoms with Crippen LogP contribution in [0.3, 0.4) is 0 Å². The first-order valence-corrected chi connectivity index (χ1v) is 6.41. The van der Waals surface area contributed by atoms with Gasteiger partial charge in [0.2, 0.25) is 0 Å². The third-order valence-corrected chi connectivity index (χ3v) is 3.58. The molecule has 0 radical (unpaired) electrons. The van der Waals surface area contributed by atoms with Gasteiger partial charge >= 0.3 is 0 Å². The Balaban J connectivity index is 2.27. The summed E-state index contributed by atoms with van der Waals surface area (Å²) in [6.45, 7) is 0. The summed E-state index contributed by atoms with van der Waals surface area (Å²) in [5, 5.41) is 0. The van der Waals surface area contributed by atoms with Gasteiger partial charge in [0.25, 0.3) is 0 Å². The van der Waals surface area contributed by atoms with E-state index in [0.29, 0.717) is 10.0 Å². The quantitative estimate of drug-likeness (QED) is 0.901. The van der Waals surface area contributed by atoms with Gasteiger partial charge in [0, 0.05) is 16.1 Å². The van der Waals surface area contributed by atoms with Crippen molar-refractivity contribution in [3.63, 3.8) is 0 Å². The van der Waals surface area contributed by atoms with Gasteiger partial charge in [-0.25, -0.2) is 13.2 Å². The van der Waals surface area contributed by atoms with E-state index in [9.17, 15) is 13.2 Å². The Bertz CT molecular complexity index is 601. The van der Waals surface area contributed by atoms with Gasteiger partial charge in [0.1, 0.15) is 17.5 Å². The van der Waals surface area contributed by atoms with Crippen molar-refractivity contribution >= 4 is 15.9 Å². The van der Waals surface area contributed by atoms with Gasteiger partial charge in [0.05, 0.1) is 0 Å². The Hall–Kier alpha value is -1.33. The molecule has 1 nitrogen and oxygen atoms in total. The second kappa shape index (κ2) is 5.75. The van der Waals surface area contributed by atoms with Crippen molar-refractivity contribution in [1.29, 1.82) is 0 Å². The number of rotatable bonds is 3. The van der Waals surface area contributed by atoms with Gasteiger partial charge in [-0.1, -0.05) is 15.9 Å². The van der Waals surface area contributed by atoms with Crippen LogP contribution in [0.25, 0.3) is 0 Å². The first kappa shape index (κ1) is 14.1. The molecule has 0 saturated carbocycles. The molecule has 1 unspecified atom stereocenters. The van der Waals surface area contributed by atoms with Crippen molar-refractivity contribution in [3.05, 3.63) is 69.4 Å². The summed E-state index contributed by atoms with van der Waals surface area (Å²) in [6, 6.07) is 6.57. The van der Waals surface area contributed by atoms with Gasteiger partial charge < -0.3 is 5.73 Å². The second-order valence-electron chi connectivity index (χ2n) is 4.21. The zero-order chi connectivity index (χ0) is 14.0. The standard InChI is InChI=1S/C14H11BrF3N/c15-12-3-1-9(16)5-8(12)6-14(19)11-7-10(17)2-4-13(11)18/h1-5,7,14H,6,19H2. The predicted octanol–water partition coefficient (Wildman–Crippen LogP) is 4.11. The summed E-state index contributed by atoms with van der Waals surface area (Å²) in [4.78, 5) is 0. The van der Waals surface area contributed by atoms with E-state index >= 15 is 0 Å². The maximum absolute atomic E-state index is 13.6. The summed E-state index contributed by atoms with van der Waals surface area (Å²) in [5.74, 6) is -1.52. The molecule has 0 amide bonds. The van der Waals surface area contributed by atoms with Crippen LogP contribution in [0.4, 0.5) is 13.2 Å². The van der Waals surface area contributed by atoms with Crippen LogP contribution in [-0.4, -0.2) is 0 Å². The molecule has 0 saturated heterocycles. The van der Waals surface area contributed by atoms with Crippen molar-refractivity contribution < 1.29 is 13.2 Å². The van der Waals surface area contributed by atoms with Crippen LogP contribution in [0.15, 0.2) is 40.9 Å². The van der Waals surface area contributed by atoms with Crippen molar-refractivity contribution in [3.8, 4) is 0 Å². The summed E-state index contributed by atoms with van der Waals surface area (Å²) in [5.41, 5.74) is 6.55. The Labute approximate surface area is 117 Å². The molecule has 0 bridgehead atoms. The Morgan fingerprint density at radius 2 is 1.63 bits per heavy atom. The lowest BCUT2D eigenvalue weighted by atomic mass is 9.99. The Kier molecular flexibility index (Phi) is 4.27. The van der Waals surface area contributed by atoms with Crippen molar-refractivity contribution in [2.45, 2.75) is 12.5 Å². The van der Waals surface area contributed by atoms with E-state index in [1.54, 1.807) is 6.07 Å². The lowest BCUT2D eigenvalue weighted by Gasteiger charge is -2.14. The summed E-state index contributed by atoms with van der Waals surface area (Å²) >= 11 is 3.27. The third-order valence-electron chi connectivity index (χ3n) is 2.81. The van der Waals surface area contributed by atoms with Crippen molar-refractivity contribution in [2.75, 3.05) is 0 Å². The first-order chi connectivity index (χ1) is 8.97. The number of hydrogen-bond acceptors (Lipinski definition) is 1. The van der Waals surface area contributed by atoms with Crippen LogP contribution in [0.1, 0.15) is 17.2 Å². The Morgan fingerprint density at radius 1 is 1.00 bits per heavy atom. The molecular weight excluding hydrogens is 319 g/mol. The predicted molar refractivity (Wildman–Crippen MR) is 71.1 cm³/mol. The minimum atomic E-state index is -0.742. The van der Waals surface area contributed by atoms with Gasteiger partial charge in [-0.15, -0.1) is 0 Å². The summed E-state index contributed by atoms with van der Waals surface area (Å²) in [7, 11) is 0. The molecule has 2 N–H and O–H groups in total. The molecule has 1 atom stereocenters. The van der Waals surface area contributed by atoms with E-state index in [1.165, 1.54) is 12.1 Å². The maximum atomic E-state index is 13.6. The minimum Gasteiger partial charge on any atom is -0.324 e. The van der Waals surface area contributed by atoms with Gasteiger partial charge in [-0.2, -0.15) is 0 Å². The molecule has 5 heteroatoms. The fourth-order valence-electron chi connectivity index (χ4n) is 1.85. The summed E-state index contributed by atoms with van der Waals surface area (Å²) in [6.07, 6.45) is 0.207. The largest absolute Gasteiger partial charge is 0.324 e. The molecule has 2 rings (SSSR count). The van der Waals surface area contributed by atoms with Gasteiger partial charge in [-0.05, 0) is 48.4 Å². The molecule has 0 aliphatic rings. The second-order valence-corrected chi connectivity index (χ2v) is 5.07. The highest BCUT2D eigenvalue weighted by atomic mass is 79.9. The fraction of sp³-hybridized carbons (Fsp3) is 0.143. The zero-order valence-electron chi connectivity index (χ0n) is 9.84. The highest BCUT2D eigenvalue weighted by molar-refractivity contribution is 9.10. The van der Waals surface area contributed by atoms with Crippen LogP contribution in [0.5, 0.6) is 0 Å². The number of hydrogen-bond donors (Lipinski definition) is 1. The lowest BCUT2D eigenvalue weighted by Crippen LogP contribution is -2.15. The molecule has 0 spiro atoms. The Morgan fingerprint density at radius 3 is 2.37 bits per heavy atom. The van der Waals surface area contributed by atoms with E-state index in [2.05, 4.69) is 15.9 Å². The van der Waals surface area contributed by atoms with E-state index in [1.807, 2.05) is 0 Å². The van der Waals surface area contributed by atoms with Gasteiger partial charge in [-0.3, -0.25) is 0 Å². The van der Waals surface area contributed by atoms with E-state index in [-0.39, 0.29) is 12.0 Å². The molecule has 0 aliphatic carbocycles. The third kappa shape index (κ3) is 3.36. The van der Waals surface area contributed by atoms with Crippen LogP contribution in [0.2, 0.25) is 0 Å². The average molecular weight is 330 g/mol. The molecule has 0 heterocycles. The monoisotopic (exact) mass is 329 g/mol. The van der Waals surface area contributed by atoms with E-state index in [4.69, 9.17) is 5.73 Å². The number of nitrogens with two attached hydrogens (primary N) is 1. The number of halogens is 4. The lowest BCUT2D eigenvalue weighted by molar-refractivity contribution is 0.559. The van der Waals surface area contributed by atoms with Crippen LogP contribution < -0.4 is 5.73 Å². The molecule has 2 aromatic rings. The van der Waals surface area contributed by atoms with Crippen LogP contribution >= 0.6 is 15.9 Å². The van der Waals surface area contributed by atoms with Gasteiger partial charge in [0.15, 0.2) is 0 Å². The molecule has 0 aromatic heterocycles. The minimum absolute atomic E-state index is 0.0798. The first-order valence-electron chi connectivity index (χ1n) is 5.62. The van der Waals surface area contributed by atoms with Crippen LogP contribution in [-0.2, 0) is 6.42 Å². The fourth-order valence-corrected chi connectivity index (χ4v) is 2.25.